The highest BCUT2D eigenvalue weighted by molar-refractivity contribution is 5.79. The summed E-state index contributed by atoms with van der Waals surface area (Å²) in [6.45, 7) is 6.79. The minimum atomic E-state index is 0.349. The normalized spacial score (nSPS) is 54.2. The lowest BCUT2D eigenvalue weighted by molar-refractivity contribution is -0.128. The van der Waals surface area contributed by atoms with Gasteiger partial charge in [-0.2, -0.15) is 0 Å². The van der Waals surface area contributed by atoms with Gasteiger partial charge in [-0.05, 0) is 99.2 Å². The first-order valence-electron chi connectivity index (χ1n) is 10.0. The van der Waals surface area contributed by atoms with Crippen molar-refractivity contribution in [3.8, 4) is 0 Å². The molecule has 0 heterocycles. The molecule has 5 unspecified atom stereocenters. The van der Waals surface area contributed by atoms with E-state index in [0.29, 0.717) is 17.1 Å². The van der Waals surface area contributed by atoms with E-state index < -0.39 is 0 Å². The van der Waals surface area contributed by atoms with Crippen LogP contribution in [0.4, 0.5) is 0 Å². The predicted octanol–water partition coefficient (Wildman–Crippen LogP) is 5.48. The van der Waals surface area contributed by atoms with Crippen LogP contribution in [-0.4, -0.2) is 5.78 Å². The minimum absolute atomic E-state index is 0.349. The monoisotopic (exact) mass is 302 g/mol. The molecule has 4 rings (SSSR count). The van der Waals surface area contributed by atoms with Gasteiger partial charge in [-0.3, -0.25) is 4.79 Å². The molecule has 4 aliphatic carbocycles. The molecule has 8 atom stereocenters. The van der Waals surface area contributed by atoms with Gasteiger partial charge in [0.25, 0.3) is 0 Å². The van der Waals surface area contributed by atoms with Crippen LogP contribution in [0.3, 0.4) is 0 Å². The topological polar surface area (TPSA) is 17.1 Å². The van der Waals surface area contributed by atoms with E-state index in [9.17, 15) is 4.79 Å². The van der Waals surface area contributed by atoms with Crippen molar-refractivity contribution in [3.63, 3.8) is 0 Å². The minimum Gasteiger partial charge on any atom is -0.300 e. The molecule has 0 aromatic rings. The van der Waals surface area contributed by atoms with Crippen molar-refractivity contribution in [2.75, 3.05) is 0 Å². The number of fused-ring (bicyclic) bond motifs is 5. The van der Waals surface area contributed by atoms with Gasteiger partial charge in [0.15, 0.2) is 0 Å². The first-order chi connectivity index (χ1) is 10.5. The second kappa shape index (κ2) is 5.35. The molecule has 1 nitrogen and oxygen atoms in total. The molecule has 0 aromatic carbocycles. The Kier molecular flexibility index (Phi) is 3.70. The van der Waals surface area contributed by atoms with Crippen LogP contribution in [-0.2, 0) is 4.79 Å². The van der Waals surface area contributed by atoms with Gasteiger partial charge in [0.2, 0.25) is 0 Å². The Balaban J connectivity index is 1.56. The smallest absolute Gasteiger partial charge is 0.133 e. The Hall–Kier alpha value is -0.330. The lowest BCUT2D eigenvalue weighted by Crippen LogP contribution is -2.49. The number of hydrogen-bond donors (Lipinski definition) is 0. The number of ketones is 1. The molecule has 0 spiro atoms. The van der Waals surface area contributed by atoms with Gasteiger partial charge >= 0.3 is 0 Å². The average molecular weight is 303 g/mol. The molecule has 4 aliphatic rings. The van der Waals surface area contributed by atoms with Gasteiger partial charge in [-0.1, -0.05) is 20.3 Å². The van der Waals surface area contributed by atoms with E-state index in [0.717, 1.165) is 35.5 Å². The molecule has 1 heteroatoms. The second-order valence-electron chi connectivity index (χ2n) is 9.64. The highest BCUT2D eigenvalue weighted by Gasteiger charge is 2.57. The zero-order chi connectivity index (χ0) is 15.5. The number of carbonyl (C=O) groups is 1. The van der Waals surface area contributed by atoms with Crippen molar-refractivity contribution in [3.05, 3.63) is 0 Å². The van der Waals surface area contributed by atoms with E-state index in [4.69, 9.17) is 0 Å². The molecule has 124 valence electrons. The standard InChI is InChI=1S/C21H34O/c1-13-4-6-16-15(12-13)5-7-18-17(16)10-11-21(3)19(14(2)22)8-9-20(18)21/h13,15-20H,4-12H2,1-3H3/t13-,15?,16?,17?,18?,19+,20?,21+/m0/s1. The van der Waals surface area contributed by atoms with Crippen LogP contribution < -0.4 is 0 Å². The van der Waals surface area contributed by atoms with E-state index in [1.807, 2.05) is 6.92 Å². The van der Waals surface area contributed by atoms with Crippen molar-refractivity contribution in [1.29, 1.82) is 0 Å². The van der Waals surface area contributed by atoms with Crippen LogP contribution in [0.5, 0.6) is 0 Å². The van der Waals surface area contributed by atoms with E-state index >= 15 is 0 Å². The number of Topliss-reactive ketones (excluding diaryl/α,β-unsaturated/α-hetero) is 1. The quantitative estimate of drug-likeness (QED) is 0.627. The van der Waals surface area contributed by atoms with Gasteiger partial charge in [0.05, 0.1) is 0 Å². The Morgan fingerprint density at radius 2 is 1.68 bits per heavy atom. The van der Waals surface area contributed by atoms with Crippen LogP contribution in [0.25, 0.3) is 0 Å². The van der Waals surface area contributed by atoms with Crippen molar-refractivity contribution in [2.24, 2.45) is 46.8 Å². The fourth-order valence-corrected chi connectivity index (χ4v) is 7.76. The first kappa shape index (κ1) is 15.2. The Morgan fingerprint density at radius 3 is 2.45 bits per heavy atom. The number of carbonyl (C=O) groups excluding carboxylic acids is 1. The summed E-state index contributed by atoms with van der Waals surface area (Å²) in [6, 6.07) is 0. The van der Waals surface area contributed by atoms with E-state index in [1.54, 1.807) is 0 Å². The lowest BCUT2D eigenvalue weighted by Gasteiger charge is -2.56. The summed E-state index contributed by atoms with van der Waals surface area (Å²) in [5.41, 5.74) is 0.349. The average Bonchev–Trinajstić information content (AvgIpc) is 2.84. The maximum absolute atomic E-state index is 12.1. The largest absolute Gasteiger partial charge is 0.300 e. The fourth-order valence-electron chi connectivity index (χ4n) is 7.76. The van der Waals surface area contributed by atoms with E-state index in [-0.39, 0.29) is 0 Å². The molecular formula is C21H34O. The maximum Gasteiger partial charge on any atom is 0.133 e. The van der Waals surface area contributed by atoms with Crippen molar-refractivity contribution >= 4 is 5.78 Å². The molecule has 0 amide bonds. The van der Waals surface area contributed by atoms with E-state index in [1.165, 1.54) is 57.8 Å². The SMILES string of the molecule is CC(=O)[C@H]1CCC2C3CCC4C[C@@H](C)CCC4C3CC[C@@]21C. The highest BCUT2D eigenvalue weighted by Crippen LogP contribution is 2.64. The Morgan fingerprint density at radius 1 is 0.909 bits per heavy atom. The van der Waals surface area contributed by atoms with Crippen molar-refractivity contribution < 1.29 is 4.79 Å². The van der Waals surface area contributed by atoms with Crippen LogP contribution in [0.2, 0.25) is 0 Å². The van der Waals surface area contributed by atoms with Crippen molar-refractivity contribution in [2.45, 2.75) is 78.6 Å². The summed E-state index contributed by atoms with van der Waals surface area (Å²) < 4.78 is 0. The summed E-state index contributed by atoms with van der Waals surface area (Å²) >= 11 is 0. The zero-order valence-corrected chi connectivity index (χ0v) is 14.8. The van der Waals surface area contributed by atoms with Gasteiger partial charge in [-0.15, -0.1) is 0 Å². The lowest BCUT2D eigenvalue weighted by atomic mass is 9.49. The molecule has 0 saturated heterocycles. The zero-order valence-electron chi connectivity index (χ0n) is 14.8. The van der Waals surface area contributed by atoms with E-state index in [2.05, 4.69) is 13.8 Å². The van der Waals surface area contributed by atoms with Crippen LogP contribution in [0, 0.1) is 46.8 Å². The third-order valence-electron chi connectivity index (χ3n) is 8.71. The highest BCUT2D eigenvalue weighted by atomic mass is 16.1. The molecular weight excluding hydrogens is 268 g/mol. The summed E-state index contributed by atoms with van der Waals surface area (Å²) in [4.78, 5) is 12.1. The third-order valence-corrected chi connectivity index (χ3v) is 8.71. The Bertz CT molecular complexity index is 455. The van der Waals surface area contributed by atoms with Crippen molar-refractivity contribution in [1.82, 2.24) is 0 Å². The molecule has 0 N–H and O–H groups in total. The van der Waals surface area contributed by atoms with Gasteiger partial charge in [0.1, 0.15) is 5.78 Å². The number of hydrogen-bond acceptors (Lipinski definition) is 1. The summed E-state index contributed by atoms with van der Waals surface area (Å²) in [5.74, 6) is 6.73. The molecule has 4 fully saturated rings. The van der Waals surface area contributed by atoms with Gasteiger partial charge < -0.3 is 0 Å². The van der Waals surface area contributed by atoms with Crippen LogP contribution in [0.15, 0.2) is 0 Å². The molecule has 0 radical (unpaired) electrons. The third kappa shape index (κ3) is 2.13. The summed E-state index contributed by atoms with van der Waals surface area (Å²) in [5, 5.41) is 0. The van der Waals surface area contributed by atoms with Crippen LogP contribution in [0.1, 0.15) is 78.6 Å². The fraction of sp³-hybridized carbons (Fsp3) is 0.952. The van der Waals surface area contributed by atoms with Gasteiger partial charge in [-0.25, -0.2) is 0 Å². The summed E-state index contributed by atoms with van der Waals surface area (Å²) in [7, 11) is 0. The first-order valence-corrected chi connectivity index (χ1v) is 10.0. The van der Waals surface area contributed by atoms with Crippen LogP contribution >= 0.6 is 0 Å². The summed E-state index contributed by atoms with van der Waals surface area (Å²) in [6.07, 6.45) is 12.7. The molecule has 0 aromatic heterocycles. The maximum atomic E-state index is 12.1. The molecule has 0 aliphatic heterocycles. The molecule has 4 saturated carbocycles. The van der Waals surface area contributed by atoms with Gasteiger partial charge in [0, 0.05) is 5.92 Å². The predicted molar refractivity (Wildman–Crippen MR) is 90.4 cm³/mol. The number of rotatable bonds is 1. The Labute approximate surface area is 136 Å². The second-order valence-corrected chi connectivity index (χ2v) is 9.64. The molecule has 22 heavy (non-hydrogen) atoms. The molecule has 0 bridgehead atoms.